The summed E-state index contributed by atoms with van der Waals surface area (Å²) in [7, 11) is 1.72. The van der Waals surface area contributed by atoms with Crippen LogP contribution in [0.25, 0.3) is 0 Å². The van der Waals surface area contributed by atoms with E-state index in [0.717, 1.165) is 43.5 Å². The highest BCUT2D eigenvalue weighted by molar-refractivity contribution is 9.10. The molecule has 1 fully saturated rings. The monoisotopic (exact) mass is 353 g/mol. The van der Waals surface area contributed by atoms with Crippen LogP contribution in [0.3, 0.4) is 0 Å². The summed E-state index contributed by atoms with van der Waals surface area (Å²) in [5, 5.41) is 6.09. The summed E-state index contributed by atoms with van der Waals surface area (Å²) in [5.41, 5.74) is 2.51. The quantitative estimate of drug-likeness (QED) is 0.854. The Morgan fingerprint density at radius 2 is 2.10 bits per heavy atom. The van der Waals surface area contributed by atoms with Gasteiger partial charge in [0.2, 0.25) is 5.91 Å². The molecule has 116 valence electrons. The Bertz CT molecular complexity index is 484. The van der Waals surface area contributed by atoms with Crippen molar-refractivity contribution < 1.29 is 4.79 Å². The second-order valence-corrected chi connectivity index (χ2v) is 6.29. The molecule has 1 aliphatic rings. The van der Waals surface area contributed by atoms with Crippen LogP contribution in [0.15, 0.2) is 22.7 Å². The van der Waals surface area contributed by atoms with Gasteiger partial charge < -0.3 is 15.5 Å². The van der Waals surface area contributed by atoms with E-state index in [-0.39, 0.29) is 11.8 Å². The zero-order valence-electron chi connectivity index (χ0n) is 12.8. The van der Waals surface area contributed by atoms with Crippen LogP contribution in [0.4, 0.5) is 5.69 Å². The Morgan fingerprint density at radius 1 is 1.38 bits per heavy atom. The van der Waals surface area contributed by atoms with Gasteiger partial charge in [0.15, 0.2) is 0 Å². The maximum Gasteiger partial charge on any atom is 0.222 e. The van der Waals surface area contributed by atoms with E-state index in [1.54, 1.807) is 7.05 Å². The van der Waals surface area contributed by atoms with Gasteiger partial charge in [-0.15, -0.1) is 0 Å². The zero-order chi connectivity index (χ0) is 15.2. The molecule has 0 saturated carbocycles. The minimum absolute atomic E-state index is 0.169. The highest BCUT2D eigenvalue weighted by Gasteiger charge is 2.24. The smallest absolute Gasteiger partial charge is 0.222 e. The van der Waals surface area contributed by atoms with Crippen LogP contribution in [0.2, 0.25) is 0 Å². The van der Waals surface area contributed by atoms with E-state index in [2.05, 4.69) is 56.6 Å². The molecule has 0 aromatic heterocycles. The molecule has 0 aliphatic carbocycles. The van der Waals surface area contributed by atoms with Crippen molar-refractivity contribution in [1.29, 1.82) is 0 Å². The molecule has 0 unspecified atom stereocenters. The maximum atomic E-state index is 11.7. The molecule has 1 amide bonds. The number of halogens is 1. The number of nitrogens with zero attached hydrogens (tertiary/aromatic N) is 1. The maximum absolute atomic E-state index is 11.7. The van der Waals surface area contributed by atoms with Gasteiger partial charge in [-0.2, -0.15) is 0 Å². The second kappa shape index (κ2) is 7.80. The average Bonchev–Trinajstić information content (AvgIpc) is 2.53. The molecule has 1 aromatic rings. The predicted octanol–water partition coefficient (Wildman–Crippen LogP) is 2.52. The fraction of sp³-hybridized carbons (Fsp3) is 0.562. The van der Waals surface area contributed by atoms with Crippen molar-refractivity contribution in [3.05, 3.63) is 28.2 Å². The van der Waals surface area contributed by atoms with Gasteiger partial charge in [-0.3, -0.25) is 4.79 Å². The van der Waals surface area contributed by atoms with Crippen molar-refractivity contribution in [3.8, 4) is 0 Å². The molecule has 1 aliphatic heterocycles. The third-order valence-electron chi connectivity index (χ3n) is 4.08. The Balaban J connectivity index is 1.97. The first-order valence-electron chi connectivity index (χ1n) is 7.61. The molecular formula is C16H24BrN3O. The van der Waals surface area contributed by atoms with Crippen LogP contribution >= 0.6 is 15.9 Å². The van der Waals surface area contributed by atoms with Crippen LogP contribution in [-0.4, -0.2) is 32.6 Å². The number of hydrogen-bond acceptors (Lipinski definition) is 3. The first kappa shape index (κ1) is 16.3. The lowest BCUT2D eigenvalue weighted by atomic mass is 9.95. The number of rotatable bonds is 5. The van der Waals surface area contributed by atoms with Crippen molar-refractivity contribution in [1.82, 2.24) is 10.6 Å². The number of carbonyl (C=O) groups is 1. The number of amides is 1. The number of carbonyl (C=O) groups excluding carboxylic acids is 1. The van der Waals surface area contributed by atoms with Crippen LogP contribution in [0.1, 0.15) is 25.3 Å². The van der Waals surface area contributed by atoms with E-state index in [4.69, 9.17) is 0 Å². The molecule has 0 spiro atoms. The summed E-state index contributed by atoms with van der Waals surface area (Å²) in [6.45, 7) is 5.85. The molecule has 2 rings (SSSR count). The molecule has 0 radical (unpaired) electrons. The van der Waals surface area contributed by atoms with Gasteiger partial charge in [-0.1, -0.05) is 28.9 Å². The Hall–Kier alpha value is -1.07. The summed E-state index contributed by atoms with van der Waals surface area (Å²) < 4.78 is 1.15. The predicted molar refractivity (Wildman–Crippen MR) is 90.5 cm³/mol. The van der Waals surface area contributed by atoms with Crippen molar-refractivity contribution in [3.63, 3.8) is 0 Å². The first-order chi connectivity index (χ1) is 10.2. The Labute approximate surface area is 135 Å². The largest absolute Gasteiger partial charge is 0.371 e. The molecule has 0 atom stereocenters. The third kappa shape index (κ3) is 4.20. The van der Waals surface area contributed by atoms with Gasteiger partial charge in [0.1, 0.15) is 0 Å². The molecule has 1 heterocycles. The molecule has 21 heavy (non-hydrogen) atoms. The van der Waals surface area contributed by atoms with Gasteiger partial charge in [-0.05, 0) is 37.1 Å². The lowest BCUT2D eigenvalue weighted by molar-refractivity contribution is -0.125. The van der Waals surface area contributed by atoms with Gasteiger partial charge >= 0.3 is 0 Å². The minimum atomic E-state index is 0.169. The Kier molecular flexibility index (Phi) is 6.06. The highest BCUT2D eigenvalue weighted by atomic mass is 79.9. The average molecular weight is 354 g/mol. The SMILES string of the molecule is CCNCc1ccc(N2CCC(C(=O)NC)CC2)cc1Br. The molecule has 0 bridgehead atoms. The van der Waals surface area contributed by atoms with Crippen LogP contribution in [-0.2, 0) is 11.3 Å². The van der Waals surface area contributed by atoms with Crippen molar-refractivity contribution >= 4 is 27.5 Å². The third-order valence-corrected chi connectivity index (χ3v) is 4.82. The van der Waals surface area contributed by atoms with E-state index in [1.165, 1.54) is 11.3 Å². The van der Waals surface area contributed by atoms with Crippen molar-refractivity contribution in [2.75, 3.05) is 31.6 Å². The van der Waals surface area contributed by atoms with Crippen LogP contribution < -0.4 is 15.5 Å². The number of benzene rings is 1. The van der Waals surface area contributed by atoms with Crippen molar-refractivity contribution in [2.24, 2.45) is 5.92 Å². The van der Waals surface area contributed by atoms with E-state index >= 15 is 0 Å². The second-order valence-electron chi connectivity index (χ2n) is 5.43. The Morgan fingerprint density at radius 3 is 2.67 bits per heavy atom. The first-order valence-corrected chi connectivity index (χ1v) is 8.40. The zero-order valence-corrected chi connectivity index (χ0v) is 14.4. The van der Waals surface area contributed by atoms with E-state index in [0.29, 0.717) is 0 Å². The van der Waals surface area contributed by atoms with Gasteiger partial charge in [-0.25, -0.2) is 0 Å². The molecule has 1 saturated heterocycles. The lowest BCUT2D eigenvalue weighted by Gasteiger charge is -2.33. The lowest BCUT2D eigenvalue weighted by Crippen LogP contribution is -2.39. The molecule has 5 heteroatoms. The van der Waals surface area contributed by atoms with Gasteiger partial charge in [0.25, 0.3) is 0 Å². The minimum Gasteiger partial charge on any atom is -0.371 e. The molecule has 4 nitrogen and oxygen atoms in total. The van der Waals surface area contributed by atoms with Gasteiger partial charge in [0.05, 0.1) is 0 Å². The van der Waals surface area contributed by atoms with Crippen LogP contribution in [0.5, 0.6) is 0 Å². The van der Waals surface area contributed by atoms with E-state index in [1.807, 2.05) is 0 Å². The standard InChI is InChI=1S/C16H24BrN3O/c1-3-19-11-13-4-5-14(10-15(13)17)20-8-6-12(7-9-20)16(21)18-2/h4-5,10,12,19H,3,6-9,11H2,1-2H3,(H,18,21). The normalized spacial score (nSPS) is 16.0. The fourth-order valence-corrected chi connectivity index (χ4v) is 3.25. The fourth-order valence-electron chi connectivity index (χ4n) is 2.74. The van der Waals surface area contributed by atoms with Crippen LogP contribution in [0, 0.1) is 5.92 Å². The number of piperidine rings is 1. The topological polar surface area (TPSA) is 44.4 Å². The highest BCUT2D eigenvalue weighted by Crippen LogP contribution is 2.28. The summed E-state index contributed by atoms with van der Waals surface area (Å²) in [4.78, 5) is 14.0. The number of hydrogen-bond donors (Lipinski definition) is 2. The number of anilines is 1. The van der Waals surface area contributed by atoms with Gasteiger partial charge in [0, 0.05) is 42.8 Å². The molecule has 2 N–H and O–H groups in total. The van der Waals surface area contributed by atoms with E-state index < -0.39 is 0 Å². The molecule has 1 aromatic carbocycles. The summed E-state index contributed by atoms with van der Waals surface area (Å²) in [6, 6.07) is 6.54. The van der Waals surface area contributed by atoms with E-state index in [9.17, 15) is 4.79 Å². The van der Waals surface area contributed by atoms with Crippen molar-refractivity contribution in [2.45, 2.75) is 26.3 Å². The number of nitrogens with one attached hydrogen (secondary N) is 2. The molecular weight excluding hydrogens is 330 g/mol. The summed E-state index contributed by atoms with van der Waals surface area (Å²) in [5.74, 6) is 0.347. The summed E-state index contributed by atoms with van der Waals surface area (Å²) in [6.07, 6.45) is 1.85. The summed E-state index contributed by atoms with van der Waals surface area (Å²) >= 11 is 3.66.